The Morgan fingerprint density at radius 3 is 2.77 bits per heavy atom. The van der Waals surface area contributed by atoms with Gasteiger partial charge in [-0.1, -0.05) is 6.92 Å². The summed E-state index contributed by atoms with van der Waals surface area (Å²) in [4.78, 5) is 14.3. The third kappa shape index (κ3) is 4.78. The second-order valence-corrected chi connectivity index (χ2v) is 8.09. The van der Waals surface area contributed by atoms with E-state index in [1.165, 1.54) is 19.3 Å². The molecule has 2 unspecified atom stereocenters. The average Bonchev–Trinajstić information content (AvgIpc) is 3.30. The Balaban J connectivity index is 1.62. The van der Waals surface area contributed by atoms with Gasteiger partial charge >= 0.3 is 0 Å². The van der Waals surface area contributed by atoms with Crippen LogP contribution in [0.5, 0.6) is 0 Å². The third-order valence-electron chi connectivity index (χ3n) is 5.76. The van der Waals surface area contributed by atoms with Crippen LogP contribution in [-0.4, -0.2) is 70.1 Å². The molecule has 0 radical (unpaired) electrons. The second kappa shape index (κ2) is 8.89. The minimum absolute atomic E-state index is 0.466. The fourth-order valence-corrected chi connectivity index (χ4v) is 4.06. The molecule has 1 aliphatic heterocycles. The lowest BCUT2D eigenvalue weighted by molar-refractivity contribution is 0.188. The molecule has 0 bridgehead atoms. The lowest BCUT2D eigenvalue weighted by Gasteiger charge is -2.39. The van der Waals surface area contributed by atoms with E-state index in [2.05, 4.69) is 58.6 Å². The molecule has 1 aliphatic carbocycles. The van der Waals surface area contributed by atoms with Crippen LogP contribution in [0.2, 0.25) is 0 Å². The van der Waals surface area contributed by atoms with E-state index in [-0.39, 0.29) is 0 Å². The lowest BCUT2D eigenvalue weighted by atomic mass is 9.93. The van der Waals surface area contributed by atoms with E-state index in [9.17, 15) is 0 Å². The first-order valence-corrected chi connectivity index (χ1v) is 10.4. The zero-order valence-corrected chi connectivity index (χ0v) is 16.9. The molecular formula is C20H36N6. The van der Waals surface area contributed by atoms with E-state index in [4.69, 9.17) is 4.99 Å². The van der Waals surface area contributed by atoms with Crippen molar-refractivity contribution < 1.29 is 0 Å². The SMILES string of the molecule is CCNC(=NCCN(C(C)C)C1CC1)N1CCC(C)C(n2ccnc2)C1. The Hall–Kier alpha value is -1.56. The molecule has 6 nitrogen and oxygen atoms in total. The Morgan fingerprint density at radius 1 is 1.35 bits per heavy atom. The summed E-state index contributed by atoms with van der Waals surface area (Å²) in [7, 11) is 0. The number of piperidine rings is 1. The molecule has 6 heteroatoms. The highest BCUT2D eigenvalue weighted by atomic mass is 15.3. The fourth-order valence-electron chi connectivity index (χ4n) is 4.06. The standard InChI is InChI=1S/C20H36N6/c1-5-22-20(23-10-13-26(16(2)3)18-6-7-18)24-11-8-17(4)19(14-24)25-12-9-21-15-25/h9,12,15-19H,5-8,10-11,13-14H2,1-4H3,(H,22,23). The summed E-state index contributed by atoms with van der Waals surface area (Å²) in [5.41, 5.74) is 0. The molecular weight excluding hydrogens is 324 g/mol. The van der Waals surface area contributed by atoms with E-state index in [1.54, 1.807) is 0 Å². The van der Waals surface area contributed by atoms with Crippen LogP contribution in [0, 0.1) is 5.92 Å². The lowest BCUT2D eigenvalue weighted by Crippen LogP contribution is -2.49. The summed E-state index contributed by atoms with van der Waals surface area (Å²) in [6.07, 6.45) is 9.82. The number of aromatic nitrogens is 2. The Kier molecular flexibility index (Phi) is 6.57. The van der Waals surface area contributed by atoms with Crippen molar-refractivity contribution in [3.8, 4) is 0 Å². The molecule has 2 aliphatic rings. The number of nitrogens with zero attached hydrogens (tertiary/aromatic N) is 5. The van der Waals surface area contributed by atoms with Gasteiger partial charge in [0.25, 0.3) is 0 Å². The maximum Gasteiger partial charge on any atom is 0.194 e. The summed E-state index contributed by atoms with van der Waals surface area (Å²) < 4.78 is 2.26. The largest absolute Gasteiger partial charge is 0.357 e. The van der Waals surface area contributed by atoms with Crippen molar-refractivity contribution in [1.82, 2.24) is 24.7 Å². The van der Waals surface area contributed by atoms with Gasteiger partial charge in [-0.3, -0.25) is 9.89 Å². The van der Waals surface area contributed by atoms with Gasteiger partial charge < -0.3 is 14.8 Å². The van der Waals surface area contributed by atoms with E-state index < -0.39 is 0 Å². The number of aliphatic imine (C=N–C) groups is 1. The molecule has 2 fully saturated rings. The van der Waals surface area contributed by atoms with Gasteiger partial charge in [-0.2, -0.15) is 0 Å². The zero-order valence-electron chi connectivity index (χ0n) is 16.9. The predicted octanol–water partition coefficient (Wildman–Crippen LogP) is 2.60. The summed E-state index contributed by atoms with van der Waals surface area (Å²) in [5, 5.41) is 3.51. The second-order valence-electron chi connectivity index (χ2n) is 8.09. The minimum atomic E-state index is 0.466. The van der Waals surface area contributed by atoms with Gasteiger partial charge in [0, 0.05) is 50.7 Å². The molecule has 146 valence electrons. The van der Waals surface area contributed by atoms with Crippen molar-refractivity contribution in [2.24, 2.45) is 10.9 Å². The smallest absolute Gasteiger partial charge is 0.194 e. The normalized spacial score (nSPS) is 24.5. The molecule has 2 atom stereocenters. The van der Waals surface area contributed by atoms with Crippen molar-refractivity contribution in [2.45, 2.75) is 65.1 Å². The highest BCUT2D eigenvalue weighted by molar-refractivity contribution is 5.80. The topological polar surface area (TPSA) is 48.7 Å². The first kappa shape index (κ1) is 19.2. The monoisotopic (exact) mass is 360 g/mol. The van der Waals surface area contributed by atoms with E-state index in [1.807, 2.05) is 12.5 Å². The summed E-state index contributed by atoms with van der Waals surface area (Å²) in [5.74, 6) is 1.73. The van der Waals surface area contributed by atoms with Crippen molar-refractivity contribution >= 4 is 5.96 Å². The van der Waals surface area contributed by atoms with E-state index in [0.717, 1.165) is 44.7 Å². The van der Waals surface area contributed by atoms with Gasteiger partial charge in [0.2, 0.25) is 0 Å². The number of rotatable bonds is 7. The molecule has 1 saturated carbocycles. The van der Waals surface area contributed by atoms with Crippen molar-refractivity contribution in [3.05, 3.63) is 18.7 Å². The molecule has 1 N–H and O–H groups in total. The Morgan fingerprint density at radius 2 is 2.15 bits per heavy atom. The number of nitrogens with one attached hydrogen (secondary N) is 1. The van der Waals surface area contributed by atoms with Gasteiger partial charge in [-0.05, 0) is 46.0 Å². The van der Waals surface area contributed by atoms with E-state index in [0.29, 0.717) is 18.0 Å². The summed E-state index contributed by atoms with van der Waals surface area (Å²) in [6, 6.07) is 1.88. The molecule has 2 heterocycles. The number of likely N-dealkylation sites (tertiary alicyclic amines) is 1. The van der Waals surface area contributed by atoms with Crippen LogP contribution in [-0.2, 0) is 0 Å². The first-order chi connectivity index (χ1) is 12.6. The zero-order chi connectivity index (χ0) is 18.5. The van der Waals surface area contributed by atoms with Crippen molar-refractivity contribution in [2.75, 3.05) is 32.7 Å². The maximum atomic E-state index is 4.98. The molecule has 26 heavy (non-hydrogen) atoms. The summed E-state index contributed by atoms with van der Waals surface area (Å²) >= 11 is 0. The van der Waals surface area contributed by atoms with Crippen molar-refractivity contribution in [3.63, 3.8) is 0 Å². The molecule has 0 aromatic carbocycles. The maximum absolute atomic E-state index is 4.98. The third-order valence-corrected chi connectivity index (χ3v) is 5.76. The number of guanidine groups is 1. The van der Waals surface area contributed by atoms with Gasteiger partial charge in [0.05, 0.1) is 18.9 Å². The first-order valence-electron chi connectivity index (χ1n) is 10.4. The van der Waals surface area contributed by atoms with E-state index >= 15 is 0 Å². The molecule has 3 rings (SSSR count). The van der Waals surface area contributed by atoms with Crippen LogP contribution in [0.15, 0.2) is 23.7 Å². The van der Waals surface area contributed by atoms with Gasteiger partial charge in [-0.25, -0.2) is 4.98 Å². The van der Waals surface area contributed by atoms with Gasteiger partial charge in [0.15, 0.2) is 5.96 Å². The van der Waals surface area contributed by atoms with Crippen LogP contribution >= 0.6 is 0 Å². The highest BCUT2D eigenvalue weighted by Crippen LogP contribution is 2.29. The summed E-state index contributed by atoms with van der Waals surface area (Å²) in [6.45, 7) is 14.0. The van der Waals surface area contributed by atoms with Crippen LogP contribution in [0.3, 0.4) is 0 Å². The van der Waals surface area contributed by atoms with Gasteiger partial charge in [0.1, 0.15) is 0 Å². The molecule has 0 amide bonds. The Labute approximate surface area is 158 Å². The van der Waals surface area contributed by atoms with Crippen LogP contribution in [0.25, 0.3) is 0 Å². The molecule has 1 aromatic rings. The predicted molar refractivity (Wildman–Crippen MR) is 107 cm³/mol. The van der Waals surface area contributed by atoms with Crippen LogP contribution in [0.1, 0.15) is 53.0 Å². The fraction of sp³-hybridized carbons (Fsp3) is 0.800. The quantitative estimate of drug-likeness (QED) is 0.600. The van der Waals surface area contributed by atoms with Crippen LogP contribution in [0.4, 0.5) is 0 Å². The van der Waals surface area contributed by atoms with Crippen LogP contribution < -0.4 is 5.32 Å². The van der Waals surface area contributed by atoms with Gasteiger partial charge in [-0.15, -0.1) is 0 Å². The number of imidazole rings is 1. The number of hydrogen-bond donors (Lipinski definition) is 1. The number of hydrogen-bond acceptors (Lipinski definition) is 3. The molecule has 1 saturated heterocycles. The Bertz CT molecular complexity index is 561. The minimum Gasteiger partial charge on any atom is -0.357 e. The molecule has 0 spiro atoms. The molecule has 1 aromatic heterocycles. The van der Waals surface area contributed by atoms with Crippen molar-refractivity contribution in [1.29, 1.82) is 0 Å². The highest BCUT2D eigenvalue weighted by Gasteiger charge is 2.31. The average molecular weight is 361 g/mol.